The van der Waals surface area contributed by atoms with E-state index in [4.69, 9.17) is 0 Å². The average molecular weight is 432 g/mol. The minimum absolute atomic E-state index is 0.0839. The van der Waals surface area contributed by atoms with E-state index in [9.17, 15) is 14.7 Å². The van der Waals surface area contributed by atoms with Crippen molar-refractivity contribution in [1.29, 1.82) is 0 Å². The smallest absolute Gasteiger partial charge is 0.335 e. The lowest BCUT2D eigenvalue weighted by Crippen LogP contribution is -2.33. The Balaban J connectivity index is 1.70. The molecule has 2 heterocycles. The number of benzene rings is 2. The molecular formula is C26H29N3O3. The molecule has 0 radical (unpaired) electrons. The molecule has 2 atom stereocenters. The third kappa shape index (κ3) is 3.91. The SMILES string of the molecule is CC1CN1NC(=O)Cn1c(-c2ccccc2)c(C2CCCCC2)c2ccc(C(=O)O)cc21. The quantitative estimate of drug-likeness (QED) is 0.551. The molecule has 1 aromatic heterocycles. The van der Waals surface area contributed by atoms with Crippen molar-refractivity contribution in [3.05, 3.63) is 59.7 Å². The molecule has 2 aromatic carbocycles. The third-order valence-electron chi connectivity index (χ3n) is 6.84. The van der Waals surface area contributed by atoms with Crippen molar-refractivity contribution in [2.75, 3.05) is 6.54 Å². The van der Waals surface area contributed by atoms with Gasteiger partial charge in [-0.05, 0) is 48.9 Å². The molecule has 0 bridgehead atoms. The van der Waals surface area contributed by atoms with Crippen LogP contribution in [0.25, 0.3) is 22.2 Å². The first kappa shape index (κ1) is 20.8. The molecule has 1 amide bonds. The second-order valence-electron chi connectivity index (χ2n) is 9.12. The Labute approximate surface area is 187 Å². The Morgan fingerprint density at radius 1 is 1.06 bits per heavy atom. The standard InChI is InChI=1S/C26H29N3O3/c1-17-15-29(17)27-23(30)16-28-22-14-20(26(31)32)12-13-21(22)24(18-8-4-2-5-9-18)25(28)19-10-6-3-7-11-19/h3,6-7,10-14,17-18H,2,4-5,8-9,15-16H2,1H3,(H,27,30)(H,31,32). The van der Waals surface area contributed by atoms with Crippen LogP contribution in [0.5, 0.6) is 0 Å². The van der Waals surface area contributed by atoms with E-state index in [2.05, 4.69) is 24.5 Å². The van der Waals surface area contributed by atoms with Gasteiger partial charge in [-0.25, -0.2) is 9.80 Å². The van der Waals surface area contributed by atoms with Crippen LogP contribution in [0.1, 0.15) is 60.9 Å². The third-order valence-corrected chi connectivity index (χ3v) is 6.84. The summed E-state index contributed by atoms with van der Waals surface area (Å²) in [7, 11) is 0. The van der Waals surface area contributed by atoms with Crippen LogP contribution in [0.2, 0.25) is 0 Å². The number of rotatable bonds is 6. The monoisotopic (exact) mass is 431 g/mol. The van der Waals surface area contributed by atoms with Crippen molar-refractivity contribution >= 4 is 22.8 Å². The second-order valence-corrected chi connectivity index (χ2v) is 9.12. The fourth-order valence-electron chi connectivity index (χ4n) is 5.12. The number of carbonyl (C=O) groups excluding carboxylic acids is 1. The van der Waals surface area contributed by atoms with Crippen LogP contribution in [-0.2, 0) is 11.3 Å². The number of aromatic carboxylic acids is 1. The fourth-order valence-corrected chi connectivity index (χ4v) is 5.12. The van der Waals surface area contributed by atoms with Crippen LogP contribution in [-0.4, -0.2) is 39.1 Å². The number of carboxylic acid groups (broad SMARTS) is 1. The number of hydrogen-bond acceptors (Lipinski definition) is 3. The van der Waals surface area contributed by atoms with Gasteiger partial charge in [-0.2, -0.15) is 0 Å². The van der Waals surface area contributed by atoms with Gasteiger partial charge in [0.2, 0.25) is 0 Å². The number of nitrogens with zero attached hydrogens (tertiary/aromatic N) is 2. The highest BCUT2D eigenvalue weighted by atomic mass is 16.4. The Bertz CT molecular complexity index is 1160. The Kier molecular flexibility index (Phi) is 5.47. The van der Waals surface area contributed by atoms with Crippen LogP contribution < -0.4 is 5.43 Å². The summed E-state index contributed by atoms with van der Waals surface area (Å²) in [5.74, 6) is -0.629. The van der Waals surface area contributed by atoms with Gasteiger partial charge in [0.15, 0.2) is 0 Å². The van der Waals surface area contributed by atoms with E-state index < -0.39 is 5.97 Å². The molecule has 1 aliphatic heterocycles. The number of fused-ring (bicyclic) bond motifs is 1. The van der Waals surface area contributed by atoms with Crippen LogP contribution in [0.3, 0.4) is 0 Å². The lowest BCUT2D eigenvalue weighted by Gasteiger charge is -2.23. The van der Waals surface area contributed by atoms with Gasteiger partial charge in [0.1, 0.15) is 6.54 Å². The predicted octanol–water partition coefficient (Wildman–Crippen LogP) is 4.79. The Morgan fingerprint density at radius 3 is 2.44 bits per heavy atom. The molecule has 2 fully saturated rings. The average Bonchev–Trinajstić information content (AvgIpc) is 3.40. The Morgan fingerprint density at radius 2 is 1.78 bits per heavy atom. The molecule has 2 unspecified atom stereocenters. The zero-order valence-electron chi connectivity index (χ0n) is 18.4. The molecule has 2 aliphatic rings. The molecule has 166 valence electrons. The summed E-state index contributed by atoms with van der Waals surface area (Å²) < 4.78 is 2.03. The molecule has 5 rings (SSSR count). The summed E-state index contributed by atoms with van der Waals surface area (Å²) in [6.07, 6.45) is 5.90. The zero-order valence-corrected chi connectivity index (χ0v) is 18.4. The lowest BCUT2D eigenvalue weighted by atomic mass is 9.82. The van der Waals surface area contributed by atoms with Gasteiger partial charge in [-0.3, -0.25) is 10.2 Å². The first-order valence-corrected chi connectivity index (χ1v) is 11.5. The molecule has 1 aliphatic carbocycles. The highest BCUT2D eigenvalue weighted by molar-refractivity contribution is 5.99. The van der Waals surface area contributed by atoms with E-state index in [0.29, 0.717) is 12.0 Å². The van der Waals surface area contributed by atoms with Crippen molar-refractivity contribution in [3.63, 3.8) is 0 Å². The molecule has 32 heavy (non-hydrogen) atoms. The number of hydrazine groups is 1. The Hall–Kier alpha value is -3.12. The number of nitrogens with one attached hydrogen (secondary N) is 1. The minimum atomic E-state index is -0.956. The second kappa shape index (κ2) is 8.43. The molecule has 0 spiro atoms. The van der Waals surface area contributed by atoms with Crippen LogP contribution in [0.15, 0.2) is 48.5 Å². The molecule has 1 saturated carbocycles. The molecule has 2 N–H and O–H groups in total. The first-order valence-electron chi connectivity index (χ1n) is 11.5. The lowest BCUT2D eigenvalue weighted by molar-refractivity contribution is -0.124. The van der Waals surface area contributed by atoms with Crippen molar-refractivity contribution < 1.29 is 14.7 Å². The highest BCUT2D eigenvalue weighted by Gasteiger charge is 2.32. The van der Waals surface area contributed by atoms with Gasteiger partial charge in [0, 0.05) is 18.0 Å². The summed E-state index contributed by atoms with van der Waals surface area (Å²) in [5, 5.41) is 12.6. The number of hydrogen-bond donors (Lipinski definition) is 2. The van der Waals surface area contributed by atoms with Crippen LogP contribution >= 0.6 is 0 Å². The molecule has 6 heteroatoms. The van der Waals surface area contributed by atoms with E-state index in [-0.39, 0.29) is 18.0 Å². The van der Waals surface area contributed by atoms with E-state index >= 15 is 0 Å². The molecular weight excluding hydrogens is 402 g/mol. The highest BCUT2D eigenvalue weighted by Crippen LogP contribution is 2.44. The summed E-state index contributed by atoms with van der Waals surface area (Å²) >= 11 is 0. The summed E-state index contributed by atoms with van der Waals surface area (Å²) in [6.45, 7) is 3.08. The maximum atomic E-state index is 13.0. The van der Waals surface area contributed by atoms with Crippen molar-refractivity contribution in [3.8, 4) is 11.3 Å². The molecule has 6 nitrogen and oxygen atoms in total. The van der Waals surface area contributed by atoms with Gasteiger partial charge in [-0.15, -0.1) is 0 Å². The normalized spacial score (nSPS) is 20.9. The van der Waals surface area contributed by atoms with Gasteiger partial charge < -0.3 is 9.67 Å². The summed E-state index contributed by atoms with van der Waals surface area (Å²) in [4.78, 5) is 24.7. The van der Waals surface area contributed by atoms with Gasteiger partial charge in [0.25, 0.3) is 5.91 Å². The van der Waals surface area contributed by atoms with Crippen molar-refractivity contribution in [2.24, 2.45) is 0 Å². The van der Waals surface area contributed by atoms with E-state index in [1.807, 2.05) is 33.8 Å². The molecule has 1 saturated heterocycles. The topological polar surface area (TPSA) is 74.3 Å². The maximum Gasteiger partial charge on any atom is 0.335 e. The van der Waals surface area contributed by atoms with E-state index in [0.717, 1.165) is 41.5 Å². The minimum Gasteiger partial charge on any atom is -0.478 e. The summed E-state index contributed by atoms with van der Waals surface area (Å²) in [5.41, 5.74) is 7.41. The largest absolute Gasteiger partial charge is 0.478 e. The van der Waals surface area contributed by atoms with Crippen molar-refractivity contribution in [2.45, 2.75) is 57.5 Å². The molecule has 3 aromatic rings. The van der Waals surface area contributed by atoms with E-state index in [1.54, 1.807) is 12.1 Å². The maximum absolute atomic E-state index is 13.0. The zero-order chi connectivity index (χ0) is 22.2. The summed E-state index contributed by atoms with van der Waals surface area (Å²) in [6, 6.07) is 15.9. The first-order chi connectivity index (χ1) is 15.5. The predicted molar refractivity (Wildman–Crippen MR) is 124 cm³/mol. The van der Waals surface area contributed by atoms with Crippen LogP contribution in [0, 0.1) is 0 Å². The van der Waals surface area contributed by atoms with Gasteiger partial charge in [0.05, 0.1) is 16.8 Å². The van der Waals surface area contributed by atoms with Crippen LogP contribution in [0.4, 0.5) is 0 Å². The van der Waals surface area contributed by atoms with Crippen molar-refractivity contribution in [1.82, 2.24) is 15.0 Å². The fraction of sp³-hybridized carbons (Fsp3) is 0.385. The number of carbonyl (C=O) groups is 2. The number of aromatic nitrogens is 1. The van der Waals surface area contributed by atoms with E-state index in [1.165, 1.54) is 24.8 Å². The van der Waals surface area contributed by atoms with Gasteiger partial charge in [-0.1, -0.05) is 55.7 Å². The number of carboxylic acids is 1. The van der Waals surface area contributed by atoms with Gasteiger partial charge >= 0.3 is 5.97 Å². The number of amides is 1.